The summed E-state index contributed by atoms with van der Waals surface area (Å²) in [6.45, 7) is 5.99. The van der Waals surface area contributed by atoms with E-state index in [0.717, 1.165) is 6.42 Å². The molecule has 112 valence electrons. The summed E-state index contributed by atoms with van der Waals surface area (Å²) < 4.78 is 10.3. The van der Waals surface area contributed by atoms with E-state index in [0.29, 0.717) is 25.7 Å². The zero-order valence-corrected chi connectivity index (χ0v) is 12.0. The van der Waals surface area contributed by atoms with Crippen LogP contribution in [0.15, 0.2) is 6.33 Å². The maximum Gasteiger partial charge on any atom is 0.372 e. The summed E-state index contributed by atoms with van der Waals surface area (Å²) in [5, 5.41) is 13.9. The van der Waals surface area contributed by atoms with Crippen LogP contribution in [-0.2, 0) is 4.74 Å². The molecular weight excluding hydrogens is 264 g/mol. The molecule has 0 aliphatic rings. The molecule has 0 spiro atoms. The fourth-order valence-corrected chi connectivity index (χ4v) is 1.51. The van der Waals surface area contributed by atoms with E-state index in [1.54, 1.807) is 0 Å². The first-order valence-electron chi connectivity index (χ1n) is 6.41. The second-order valence-electron chi connectivity index (χ2n) is 4.59. The fraction of sp³-hybridized carbons (Fsp3) is 0.667. The minimum atomic E-state index is -0.559. The lowest BCUT2D eigenvalue weighted by Crippen LogP contribution is -2.11. The Morgan fingerprint density at radius 3 is 2.80 bits per heavy atom. The Morgan fingerprint density at radius 2 is 2.20 bits per heavy atom. The third-order valence-electron chi connectivity index (χ3n) is 2.37. The van der Waals surface area contributed by atoms with Crippen molar-refractivity contribution in [2.75, 3.05) is 32.2 Å². The summed E-state index contributed by atoms with van der Waals surface area (Å²) in [5.41, 5.74) is -0.252. The van der Waals surface area contributed by atoms with E-state index in [1.165, 1.54) is 13.4 Å². The second kappa shape index (κ2) is 8.26. The van der Waals surface area contributed by atoms with Crippen molar-refractivity contribution >= 4 is 11.5 Å². The molecule has 0 aliphatic heterocycles. The number of aromatic nitrogens is 2. The van der Waals surface area contributed by atoms with Gasteiger partial charge in [0.2, 0.25) is 5.82 Å². The van der Waals surface area contributed by atoms with E-state index in [-0.39, 0.29) is 17.4 Å². The van der Waals surface area contributed by atoms with Crippen LogP contribution >= 0.6 is 0 Å². The molecule has 0 radical (unpaired) electrons. The molecule has 0 aliphatic carbocycles. The van der Waals surface area contributed by atoms with Crippen molar-refractivity contribution in [1.29, 1.82) is 0 Å². The van der Waals surface area contributed by atoms with Gasteiger partial charge in [0.25, 0.3) is 5.88 Å². The molecule has 0 fully saturated rings. The summed E-state index contributed by atoms with van der Waals surface area (Å²) in [6.07, 6.45) is 1.96. The quantitative estimate of drug-likeness (QED) is 0.419. The zero-order chi connectivity index (χ0) is 15.0. The van der Waals surface area contributed by atoms with Gasteiger partial charge < -0.3 is 14.8 Å². The van der Waals surface area contributed by atoms with Crippen LogP contribution in [0.3, 0.4) is 0 Å². The molecule has 1 aromatic rings. The van der Waals surface area contributed by atoms with E-state index in [2.05, 4.69) is 29.1 Å². The Morgan fingerprint density at radius 1 is 1.45 bits per heavy atom. The van der Waals surface area contributed by atoms with Crippen molar-refractivity contribution < 1.29 is 14.4 Å². The number of hydrogen-bond donors (Lipinski definition) is 1. The molecule has 1 heterocycles. The Labute approximate surface area is 117 Å². The number of hydrogen-bond acceptors (Lipinski definition) is 7. The molecule has 0 saturated heterocycles. The summed E-state index contributed by atoms with van der Waals surface area (Å²) in [6, 6.07) is 0. The average Bonchev–Trinajstić information content (AvgIpc) is 2.41. The first-order valence-corrected chi connectivity index (χ1v) is 6.41. The topological polar surface area (TPSA) is 99.4 Å². The smallest absolute Gasteiger partial charge is 0.372 e. The average molecular weight is 284 g/mol. The molecule has 0 atom stereocenters. The fourth-order valence-electron chi connectivity index (χ4n) is 1.51. The maximum absolute atomic E-state index is 11.0. The van der Waals surface area contributed by atoms with Crippen LogP contribution in [0.25, 0.3) is 0 Å². The minimum absolute atomic E-state index is 0.0523. The standard InChI is InChI=1S/C12H20N4O4/c1-9(2)7-20-6-4-5-13-11-10(16(17)18)12(19-3)15-8-14-11/h8-9H,4-7H2,1-3H3,(H,13,14,15). The van der Waals surface area contributed by atoms with Crippen LogP contribution in [0.2, 0.25) is 0 Å². The van der Waals surface area contributed by atoms with Gasteiger partial charge in [0.1, 0.15) is 6.33 Å². The largest absolute Gasteiger partial charge is 0.476 e. The van der Waals surface area contributed by atoms with E-state index in [1.807, 2.05) is 0 Å². The third kappa shape index (κ3) is 4.96. The van der Waals surface area contributed by atoms with Gasteiger partial charge in [0.15, 0.2) is 0 Å². The Hall–Kier alpha value is -1.96. The number of ether oxygens (including phenoxy) is 2. The zero-order valence-electron chi connectivity index (χ0n) is 12.0. The third-order valence-corrected chi connectivity index (χ3v) is 2.37. The number of rotatable bonds is 9. The maximum atomic E-state index is 11.0. The van der Waals surface area contributed by atoms with Gasteiger partial charge >= 0.3 is 5.69 Å². The van der Waals surface area contributed by atoms with Crippen LogP contribution in [0.4, 0.5) is 11.5 Å². The van der Waals surface area contributed by atoms with Crippen LogP contribution in [0.1, 0.15) is 20.3 Å². The molecule has 8 nitrogen and oxygen atoms in total. The van der Waals surface area contributed by atoms with Crippen LogP contribution in [0, 0.1) is 16.0 Å². The van der Waals surface area contributed by atoms with E-state index >= 15 is 0 Å². The summed E-state index contributed by atoms with van der Waals surface area (Å²) in [4.78, 5) is 18.0. The predicted molar refractivity (Wildman–Crippen MR) is 74.0 cm³/mol. The molecule has 0 unspecified atom stereocenters. The van der Waals surface area contributed by atoms with E-state index in [9.17, 15) is 10.1 Å². The summed E-state index contributed by atoms with van der Waals surface area (Å²) >= 11 is 0. The first kappa shape index (κ1) is 16.1. The SMILES string of the molecule is COc1ncnc(NCCCOCC(C)C)c1[N+](=O)[O-]. The van der Waals surface area contributed by atoms with Gasteiger partial charge in [-0.1, -0.05) is 13.8 Å². The van der Waals surface area contributed by atoms with Gasteiger partial charge in [-0.3, -0.25) is 10.1 Å². The van der Waals surface area contributed by atoms with Crippen molar-refractivity contribution in [3.63, 3.8) is 0 Å². The number of nitro groups is 1. The molecule has 0 amide bonds. The summed E-state index contributed by atoms with van der Waals surface area (Å²) in [5.74, 6) is 0.601. The molecule has 1 aromatic heterocycles. The molecule has 0 aromatic carbocycles. The van der Waals surface area contributed by atoms with Gasteiger partial charge in [-0.15, -0.1) is 0 Å². The van der Waals surface area contributed by atoms with Crippen LogP contribution in [0.5, 0.6) is 5.88 Å². The number of nitrogens with one attached hydrogen (secondary N) is 1. The highest BCUT2D eigenvalue weighted by atomic mass is 16.6. The highest BCUT2D eigenvalue weighted by Gasteiger charge is 2.23. The number of nitrogens with zero attached hydrogens (tertiary/aromatic N) is 3. The minimum Gasteiger partial charge on any atom is -0.476 e. The number of methoxy groups -OCH3 is 1. The van der Waals surface area contributed by atoms with Crippen molar-refractivity contribution in [2.45, 2.75) is 20.3 Å². The Kier molecular flexibility index (Phi) is 6.65. The van der Waals surface area contributed by atoms with E-state index < -0.39 is 4.92 Å². The Balaban J connectivity index is 2.49. The lowest BCUT2D eigenvalue weighted by Gasteiger charge is -2.09. The molecular formula is C12H20N4O4. The van der Waals surface area contributed by atoms with Crippen LogP contribution < -0.4 is 10.1 Å². The van der Waals surface area contributed by atoms with Gasteiger partial charge in [0, 0.05) is 19.8 Å². The van der Waals surface area contributed by atoms with Crippen molar-refractivity contribution in [3.8, 4) is 5.88 Å². The monoisotopic (exact) mass is 284 g/mol. The van der Waals surface area contributed by atoms with Gasteiger partial charge in [-0.25, -0.2) is 4.98 Å². The van der Waals surface area contributed by atoms with Gasteiger partial charge in [-0.2, -0.15) is 4.98 Å². The highest BCUT2D eigenvalue weighted by Crippen LogP contribution is 2.30. The van der Waals surface area contributed by atoms with Crippen molar-refractivity contribution in [2.24, 2.45) is 5.92 Å². The lowest BCUT2D eigenvalue weighted by atomic mass is 10.2. The van der Waals surface area contributed by atoms with Crippen molar-refractivity contribution in [3.05, 3.63) is 16.4 Å². The molecule has 0 saturated carbocycles. The normalized spacial score (nSPS) is 10.6. The molecule has 0 bridgehead atoms. The summed E-state index contributed by atoms with van der Waals surface area (Å²) in [7, 11) is 1.33. The van der Waals surface area contributed by atoms with Gasteiger partial charge in [-0.05, 0) is 12.3 Å². The van der Waals surface area contributed by atoms with E-state index in [4.69, 9.17) is 9.47 Å². The lowest BCUT2D eigenvalue weighted by molar-refractivity contribution is -0.385. The number of anilines is 1. The Bertz CT molecular complexity index is 439. The molecule has 20 heavy (non-hydrogen) atoms. The van der Waals surface area contributed by atoms with Gasteiger partial charge in [0.05, 0.1) is 12.0 Å². The molecule has 1 rings (SSSR count). The van der Waals surface area contributed by atoms with Crippen LogP contribution in [-0.4, -0.2) is 41.8 Å². The molecule has 8 heteroatoms. The molecule has 1 N–H and O–H groups in total. The first-order chi connectivity index (χ1) is 9.56. The van der Waals surface area contributed by atoms with Crippen molar-refractivity contribution in [1.82, 2.24) is 9.97 Å². The predicted octanol–water partition coefficient (Wildman–Crippen LogP) is 1.87. The highest BCUT2D eigenvalue weighted by molar-refractivity contribution is 5.60. The second-order valence-corrected chi connectivity index (χ2v) is 4.59.